The molecule has 0 saturated heterocycles. The number of hydrogen-bond acceptors (Lipinski definition) is 4. The van der Waals surface area contributed by atoms with E-state index in [0.717, 1.165) is 4.47 Å². The molecule has 0 radical (unpaired) electrons. The summed E-state index contributed by atoms with van der Waals surface area (Å²) in [6.45, 7) is 1.99. The van der Waals surface area contributed by atoms with Crippen molar-refractivity contribution < 1.29 is 9.84 Å². The first kappa shape index (κ1) is 14.4. The molecular formula is C11H17BrN2O3. The number of pyridine rings is 1. The molecule has 1 aromatic heterocycles. The van der Waals surface area contributed by atoms with Crippen LogP contribution in [0, 0.1) is 0 Å². The second-order valence-electron chi connectivity index (χ2n) is 3.69. The van der Waals surface area contributed by atoms with Crippen LogP contribution in [0.15, 0.2) is 27.6 Å². The van der Waals surface area contributed by atoms with Gasteiger partial charge in [-0.25, -0.2) is 0 Å². The Balaban J connectivity index is 2.42. The topological polar surface area (TPSA) is 63.5 Å². The van der Waals surface area contributed by atoms with Gasteiger partial charge in [-0.2, -0.15) is 0 Å². The maximum absolute atomic E-state index is 11.5. The minimum Gasteiger partial charge on any atom is -0.390 e. The lowest BCUT2D eigenvalue weighted by Crippen LogP contribution is -2.34. The number of aromatic nitrogens is 1. The fourth-order valence-electron chi connectivity index (χ4n) is 1.38. The second-order valence-corrected chi connectivity index (χ2v) is 4.60. The molecule has 0 fully saturated rings. The fourth-order valence-corrected chi connectivity index (χ4v) is 1.76. The lowest BCUT2D eigenvalue weighted by atomic mass is 10.3. The van der Waals surface area contributed by atoms with E-state index in [1.807, 2.05) is 0 Å². The Morgan fingerprint density at radius 1 is 1.59 bits per heavy atom. The number of hydrogen-bond donors (Lipinski definition) is 2. The lowest BCUT2D eigenvalue weighted by Gasteiger charge is -2.13. The van der Waals surface area contributed by atoms with Crippen LogP contribution < -0.4 is 10.9 Å². The molecule has 0 aromatic carbocycles. The summed E-state index contributed by atoms with van der Waals surface area (Å²) < 4.78 is 7.17. The SMILES string of the molecule is COCCNCC(O)Cn1cc(Br)ccc1=O. The van der Waals surface area contributed by atoms with E-state index < -0.39 is 6.10 Å². The molecule has 5 nitrogen and oxygen atoms in total. The minimum atomic E-state index is -0.598. The predicted molar refractivity (Wildman–Crippen MR) is 69.2 cm³/mol. The lowest BCUT2D eigenvalue weighted by molar-refractivity contribution is 0.142. The molecule has 0 aliphatic carbocycles. The molecule has 0 aliphatic rings. The van der Waals surface area contributed by atoms with Crippen molar-refractivity contribution in [1.82, 2.24) is 9.88 Å². The van der Waals surface area contributed by atoms with Crippen molar-refractivity contribution in [3.63, 3.8) is 0 Å². The Kier molecular flexibility index (Phi) is 6.43. The van der Waals surface area contributed by atoms with E-state index in [9.17, 15) is 9.90 Å². The number of nitrogens with one attached hydrogen (secondary N) is 1. The largest absolute Gasteiger partial charge is 0.390 e. The third-order valence-electron chi connectivity index (χ3n) is 2.22. The normalized spacial score (nSPS) is 12.6. The molecule has 1 heterocycles. The van der Waals surface area contributed by atoms with Gasteiger partial charge in [0.15, 0.2) is 0 Å². The van der Waals surface area contributed by atoms with Crippen LogP contribution in [0.2, 0.25) is 0 Å². The molecule has 0 bridgehead atoms. The van der Waals surface area contributed by atoms with Crippen LogP contribution >= 0.6 is 15.9 Å². The van der Waals surface area contributed by atoms with E-state index in [4.69, 9.17) is 4.74 Å². The summed E-state index contributed by atoms with van der Waals surface area (Å²) in [6.07, 6.45) is 1.07. The molecule has 1 rings (SSSR count). The molecule has 0 saturated carbocycles. The zero-order valence-corrected chi connectivity index (χ0v) is 11.3. The van der Waals surface area contributed by atoms with Gasteiger partial charge in [0.1, 0.15) is 0 Å². The number of ether oxygens (including phenoxy) is 1. The summed E-state index contributed by atoms with van der Waals surface area (Å²) in [5.74, 6) is 0. The van der Waals surface area contributed by atoms with Crippen molar-refractivity contribution in [3.8, 4) is 0 Å². The molecule has 1 aromatic rings. The number of nitrogens with zero attached hydrogens (tertiary/aromatic N) is 1. The molecule has 0 aliphatic heterocycles. The van der Waals surface area contributed by atoms with Gasteiger partial charge in [0, 0.05) is 36.9 Å². The van der Waals surface area contributed by atoms with Crippen LogP contribution in [0.25, 0.3) is 0 Å². The summed E-state index contributed by atoms with van der Waals surface area (Å²) in [6, 6.07) is 3.15. The Morgan fingerprint density at radius 3 is 3.06 bits per heavy atom. The summed E-state index contributed by atoms with van der Waals surface area (Å²) >= 11 is 3.29. The number of aliphatic hydroxyl groups is 1. The van der Waals surface area contributed by atoms with E-state index in [0.29, 0.717) is 19.7 Å². The van der Waals surface area contributed by atoms with Crippen molar-refractivity contribution in [2.45, 2.75) is 12.6 Å². The van der Waals surface area contributed by atoms with E-state index in [-0.39, 0.29) is 12.1 Å². The highest BCUT2D eigenvalue weighted by Crippen LogP contribution is 2.05. The highest BCUT2D eigenvalue weighted by Gasteiger charge is 2.06. The fraction of sp³-hybridized carbons (Fsp3) is 0.545. The summed E-state index contributed by atoms with van der Waals surface area (Å²) in [5.41, 5.74) is -0.121. The zero-order valence-electron chi connectivity index (χ0n) is 9.73. The van der Waals surface area contributed by atoms with Gasteiger partial charge >= 0.3 is 0 Å². The summed E-state index contributed by atoms with van der Waals surface area (Å²) in [7, 11) is 1.62. The highest BCUT2D eigenvalue weighted by molar-refractivity contribution is 9.10. The average molecular weight is 305 g/mol. The van der Waals surface area contributed by atoms with Crippen LogP contribution in [0.5, 0.6) is 0 Å². The molecular weight excluding hydrogens is 288 g/mol. The molecule has 1 unspecified atom stereocenters. The molecule has 0 spiro atoms. The number of rotatable bonds is 7. The van der Waals surface area contributed by atoms with Crippen LogP contribution in [0.4, 0.5) is 0 Å². The van der Waals surface area contributed by atoms with Crippen molar-refractivity contribution in [1.29, 1.82) is 0 Å². The van der Waals surface area contributed by atoms with Crippen molar-refractivity contribution >= 4 is 15.9 Å². The van der Waals surface area contributed by atoms with Crippen molar-refractivity contribution in [2.24, 2.45) is 0 Å². The standard InChI is InChI=1S/C11H17BrN2O3/c1-17-5-4-13-6-10(15)8-14-7-9(12)2-3-11(14)16/h2-3,7,10,13,15H,4-6,8H2,1H3. The highest BCUT2D eigenvalue weighted by atomic mass is 79.9. The molecule has 6 heteroatoms. The maximum atomic E-state index is 11.5. The summed E-state index contributed by atoms with van der Waals surface area (Å²) in [4.78, 5) is 11.5. The first-order chi connectivity index (χ1) is 8.13. The van der Waals surface area contributed by atoms with Crippen LogP contribution in [-0.2, 0) is 11.3 Å². The minimum absolute atomic E-state index is 0.121. The monoisotopic (exact) mass is 304 g/mol. The van der Waals surface area contributed by atoms with Crippen molar-refractivity contribution in [3.05, 3.63) is 33.2 Å². The average Bonchev–Trinajstić information content (AvgIpc) is 2.29. The first-order valence-electron chi connectivity index (χ1n) is 5.37. The van der Waals surface area contributed by atoms with Gasteiger partial charge in [0.2, 0.25) is 0 Å². The molecule has 96 valence electrons. The number of aliphatic hydroxyl groups excluding tert-OH is 1. The van der Waals surface area contributed by atoms with Crippen molar-refractivity contribution in [2.75, 3.05) is 26.8 Å². The van der Waals surface area contributed by atoms with Gasteiger partial charge in [-0.3, -0.25) is 4.79 Å². The maximum Gasteiger partial charge on any atom is 0.250 e. The zero-order chi connectivity index (χ0) is 12.7. The van der Waals surface area contributed by atoms with Gasteiger partial charge in [-0.05, 0) is 22.0 Å². The van der Waals surface area contributed by atoms with Gasteiger partial charge in [-0.1, -0.05) is 0 Å². The molecule has 17 heavy (non-hydrogen) atoms. The quantitative estimate of drug-likeness (QED) is 0.707. The molecule has 0 amide bonds. The van der Waals surface area contributed by atoms with Crippen LogP contribution in [0.3, 0.4) is 0 Å². The number of halogens is 1. The Morgan fingerprint density at radius 2 is 2.35 bits per heavy atom. The third kappa shape index (κ3) is 5.45. The van der Waals surface area contributed by atoms with E-state index in [1.165, 1.54) is 10.6 Å². The number of methoxy groups -OCH3 is 1. The Hall–Kier alpha value is -0.690. The second kappa shape index (κ2) is 7.60. The Bertz CT molecular complexity index is 395. The third-order valence-corrected chi connectivity index (χ3v) is 2.69. The van der Waals surface area contributed by atoms with Gasteiger partial charge < -0.3 is 19.7 Å². The van der Waals surface area contributed by atoms with Gasteiger partial charge in [-0.15, -0.1) is 0 Å². The predicted octanol–water partition coefficient (Wildman–Crippen LogP) is 0.208. The van der Waals surface area contributed by atoms with E-state index >= 15 is 0 Å². The first-order valence-corrected chi connectivity index (χ1v) is 6.16. The summed E-state index contributed by atoms with van der Waals surface area (Å²) in [5, 5.41) is 12.8. The van der Waals surface area contributed by atoms with Crippen LogP contribution in [0.1, 0.15) is 0 Å². The van der Waals surface area contributed by atoms with Crippen LogP contribution in [-0.4, -0.2) is 42.6 Å². The van der Waals surface area contributed by atoms with Gasteiger partial charge in [0.05, 0.1) is 19.3 Å². The smallest absolute Gasteiger partial charge is 0.250 e. The molecule has 2 N–H and O–H groups in total. The van der Waals surface area contributed by atoms with Gasteiger partial charge in [0.25, 0.3) is 5.56 Å². The Labute approximate surface area is 109 Å². The van der Waals surface area contributed by atoms with E-state index in [1.54, 1.807) is 19.4 Å². The molecule has 1 atom stereocenters. The van der Waals surface area contributed by atoms with E-state index in [2.05, 4.69) is 21.2 Å².